The number of hydrogen-bond donors (Lipinski definition) is 0. The summed E-state index contributed by atoms with van der Waals surface area (Å²) in [6, 6.07) is 0. The summed E-state index contributed by atoms with van der Waals surface area (Å²) < 4.78 is 5.76. The largest absolute Gasteiger partial charge is 0.367 e. The van der Waals surface area contributed by atoms with E-state index in [-0.39, 0.29) is 5.60 Å². The van der Waals surface area contributed by atoms with Crippen LogP contribution in [0.5, 0.6) is 0 Å². The molecule has 2 nitrogen and oxygen atoms in total. The lowest BCUT2D eigenvalue weighted by Crippen LogP contribution is -2.41. The van der Waals surface area contributed by atoms with E-state index in [2.05, 4.69) is 4.99 Å². The Bertz CT molecular complexity index is 159. The molecule has 62 valence electrons. The maximum absolute atomic E-state index is 5.76. The van der Waals surface area contributed by atoms with E-state index in [1.165, 1.54) is 32.1 Å². The van der Waals surface area contributed by atoms with Crippen molar-refractivity contribution in [3.05, 3.63) is 0 Å². The Kier molecular flexibility index (Phi) is 1.95. The Hall–Kier alpha value is -0.370. The first kappa shape index (κ1) is 7.29. The zero-order chi connectivity index (χ0) is 7.57. The van der Waals surface area contributed by atoms with Crippen LogP contribution >= 0.6 is 0 Å². The van der Waals surface area contributed by atoms with Crippen LogP contribution in [0.3, 0.4) is 0 Å². The van der Waals surface area contributed by atoms with Crippen molar-refractivity contribution in [1.82, 2.24) is 0 Å². The second kappa shape index (κ2) is 2.94. The molecule has 2 rings (SSSR count). The van der Waals surface area contributed by atoms with Crippen molar-refractivity contribution in [1.29, 1.82) is 0 Å². The molecule has 1 saturated carbocycles. The van der Waals surface area contributed by atoms with Gasteiger partial charge in [-0.15, -0.1) is 0 Å². The third-order valence-corrected chi connectivity index (χ3v) is 2.74. The van der Waals surface area contributed by atoms with Gasteiger partial charge >= 0.3 is 0 Å². The fourth-order valence-corrected chi connectivity index (χ4v) is 2.04. The predicted molar refractivity (Wildman–Crippen MR) is 45.1 cm³/mol. The molecule has 0 aromatic carbocycles. The molecule has 2 heteroatoms. The number of aliphatic imine (C=N–C) groups is 1. The standard InChI is InChI=1S/C9H15NO/c1-2-4-9(5-3-1)8-10-6-7-11-9/h6H,1-5,7-8H2. The van der Waals surface area contributed by atoms with Crippen molar-refractivity contribution >= 4 is 6.21 Å². The molecule has 0 aromatic heterocycles. The summed E-state index contributed by atoms with van der Waals surface area (Å²) in [4.78, 5) is 4.30. The zero-order valence-electron chi connectivity index (χ0n) is 6.88. The molecule has 0 bridgehead atoms. The number of nitrogens with zero attached hydrogens (tertiary/aromatic N) is 1. The van der Waals surface area contributed by atoms with Crippen LogP contribution in [0, 0.1) is 0 Å². The van der Waals surface area contributed by atoms with Gasteiger partial charge in [-0.05, 0) is 12.8 Å². The smallest absolute Gasteiger partial charge is 0.0881 e. The molecule has 0 N–H and O–H groups in total. The van der Waals surface area contributed by atoms with Crippen LogP contribution in [0.1, 0.15) is 32.1 Å². The van der Waals surface area contributed by atoms with Crippen LogP contribution in [0.25, 0.3) is 0 Å². The molecular formula is C9H15NO. The Morgan fingerprint density at radius 2 is 2.00 bits per heavy atom. The minimum Gasteiger partial charge on any atom is -0.367 e. The second-order valence-corrected chi connectivity index (χ2v) is 3.58. The summed E-state index contributed by atoms with van der Waals surface area (Å²) in [7, 11) is 0. The van der Waals surface area contributed by atoms with Crippen LogP contribution in [0.15, 0.2) is 4.99 Å². The van der Waals surface area contributed by atoms with Crippen molar-refractivity contribution in [2.24, 2.45) is 4.99 Å². The van der Waals surface area contributed by atoms with Crippen molar-refractivity contribution < 1.29 is 4.74 Å². The van der Waals surface area contributed by atoms with Crippen LogP contribution < -0.4 is 0 Å². The van der Waals surface area contributed by atoms with Gasteiger partial charge in [0.25, 0.3) is 0 Å². The average Bonchev–Trinajstić information content (AvgIpc) is 2.07. The summed E-state index contributed by atoms with van der Waals surface area (Å²) in [5.74, 6) is 0. The molecule has 0 radical (unpaired) electrons. The summed E-state index contributed by atoms with van der Waals surface area (Å²) in [6.07, 6.45) is 8.38. The van der Waals surface area contributed by atoms with Gasteiger partial charge in [0, 0.05) is 6.21 Å². The first-order chi connectivity index (χ1) is 5.41. The Morgan fingerprint density at radius 3 is 2.64 bits per heavy atom. The third kappa shape index (κ3) is 1.45. The van der Waals surface area contributed by atoms with Gasteiger partial charge in [0.2, 0.25) is 0 Å². The predicted octanol–water partition coefficient (Wildman–Crippen LogP) is 1.79. The Labute approximate surface area is 67.7 Å². The second-order valence-electron chi connectivity index (χ2n) is 3.58. The Balaban J connectivity index is 2.01. The van der Waals surface area contributed by atoms with Gasteiger partial charge in [-0.2, -0.15) is 0 Å². The number of hydrogen-bond acceptors (Lipinski definition) is 2. The fourth-order valence-electron chi connectivity index (χ4n) is 2.04. The first-order valence-corrected chi connectivity index (χ1v) is 4.54. The molecule has 0 atom stereocenters. The van der Waals surface area contributed by atoms with E-state index in [1.807, 2.05) is 6.21 Å². The van der Waals surface area contributed by atoms with Gasteiger partial charge in [-0.1, -0.05) is 19.3 Å². The summed E-state index contributed by atoms with van der Waals surface area (Å²) in [6.45, 7) is 1.65. The molecular weight excluding hydrogens is 138 g/mol. The molecule has 1 aliphatic carbocycles. The van der Waals surface area contributed by atoms with Crippen molar-refractivity contribution in [2.45, 2.75) is 37.7 Å². The fraction of sp³-hybridized carbons (Fsp3) is 0.889. The lowest BCUT2D eigenvalue weighted by atomic mass is 9.84. The Morgan fingerprint density at radius 1 is 1.18 bits per heavy atom. The SMILES string of the molecule is C1=NCC2(CCCCC2)OC1. The van der Waals surface area contributed by atoms with Crippen LogP contribution in [-0.4, -0.2) is 25.0 Å². The molecule has 0 unspecified atom stereocenters. The van der Waals surface area contributed by atoms with E-state index in [9.17, 15) is 0 Å². The summed E-state index contributed by atoms with van der Waals surface area (Å²) in [5.41, 5.74) is 0.160. The zero-order valence-corrected chi connectivity index (χ0v) is 6.88. The third-order valence-electron chi connectivity index (χ3n) is 2.74. The molecule has 1 fully saturated rings. The molecule has 0 amide bonds. The summed E-state index contributed by atoms with van der Waals surface area (Å²) >= 11 is 0. The van der Waals surface area contributed by atoms with Gasteiger partial charge < -0.3 is 4.74 Å². The van der Waals surface area contributed by atoms with Crippen molar-refractivity contribution in [2.75, 3.05) is 13.2 Å². The monoisotopic (exact) mass is 153 g/mol. The van der Waals surface area contributed by atoms with Crippen molar-refractivity contribution in [3.8, 4) is 0 Å². The normalized spacial score (nSPS) is 29.1. The van der Waals surface area contributed by atoms with Crippen molar-refractivity contribution in [3.63, 3.8) is 0 Å². The van der Waals surface area contributed by atoms with E-state index in [4.69, 9.17) is 4.74 Å². The van der Waals surface area contributed by atoms with E-state index in [0.717, 1.165) is 13.2 Å². The minimum absolute atomic E-state index is 0.160. The topological polar surface area (TPSA) is 21.6 Å². The van der Waals surface area contributed by atoms with E-state index >= 15 is 0 Å². The quantitative estimate of drug-likeness (QED) is 0.520. The lowest BCUT2D eigenvalue weighted by Gasteiger charge is -2.37. The molecule has 1 aliphatic heterocycles. The molecule has 1 spiro atoms. The average molecular weight is 153 g/mol. The first-order valence-electron chi connectivity index (χ1n) is 4.54. The summed E-state index contributed by atoms with van der Waals surface area (Å²) in [5, 5.41) is 0. The van der Waals surface area contributed by atoms with Gasteiger partial charge in [-0.25, -0.2) is 0 Å². The van der Waals surface area contributed by atoms with Gasteiger partial charge in [0.1, 0.15) is 0 Å². The van der Waals surface area contributed by atoms with Gasteiger partial charge in [-0.3, -0.25) is 4.99 Å². The molecule has 1 heterocycles. The van der Waals surface area contributed by atoms with Crippen LogP contribution in [0.4, 0.5) is 0 Å². The highest BCUT2D eigenvalue weighted by molar-refractivity contribution is 5.59. The number of rotatable bonds is 0. The van der Waals surface area contributed by atoms with Crippen LogP contribution in [0.2, 0.25) is 0 Å². The maximum Gasteiger partial charge on any atom is 0.0881 e. The highest BCUT2D eigenvalue weighted by atomic mass is 16.5. The van der Waals surface area contributed by atoms with Gasteiger partial charge in [0.15, 0.2) is 0 Å². The maximum atomic E-state index is 5.76. The molecule has 0 aromatic rings. The number of ether oxygens (including phenoxy) is 1. The van der Waals surface area contributed by atoms with E-state index in [0.29, 0.717) is 0 Å². The highest BCUT2D eigenvalue weighted by Crippen LogP contribution is 2.32. The molecule has 2 aliphatic rings. The van der Waals surface area contributed by atoms with E-state index in [1.54, 1.807) is 0 Å². The van der Waals surface area contributed by atoms with Gasteiger partial charge in [0.05, 0.1) is 18.8 Å². The lowest BCUT2D eigenvalue weighted by molar-refractivity contribution is -0.0499. The minimum atomic E-state index is 0.160. The van der Waals surface area contributed by atoms with E-state index < -0.39 is 0 Å². The van der Waals surface area contributed by atoms with Crippen LogP contribution in [-0.2, 0) is 4.74 Å². The molecule has 0 saturated heterocycles. The highest BCUT2D eigenvalue weighted by Gasteiger charge is 2.33. The molecule has 11 heavy (non-hydrogen) atoms.